The quantitative estimate of drug-likeness (QED) is 0.768. The van der Waals surface area contributed by atoms with E-state index in [0.717, 1.165) is 11.4 Å². The van der Waals surface area contributed by atoms with Crippen molar-refractivity contribution in [3.05, 3.63) is 42.6 Å². The van der Waals surface area contributed by atoms with Crippen LogP contribution in [0.4, 0.5) is 0 Å². The number of nitrogens with zero attached hydrogens (tertiary/aromatic N) is 5. The van der Waals surface area contributed by atoms with Crippen molar-refractivity contribution in [2.45, 2.75) is 19.8 Å². The zero-order chi connectivity index (χ0) is 19.6. The van der Waals surface area contributed by atoms with Gasteiger partial charge in [-0.2, -0.15) is 0 Å². The van der Waals surface area contributed by atoms with Gasteiger partial charge in [-0.25, -0.2) is 20.8 Å². The largest absolute Gasteiger partial charge is 0.481 e. The number of hydrogen-bond donors (Lipinski definition) is 2. The summed E-state index contributed by atoms with van der Waals surface area (Å²) in [6, 6.07) is 3.57. The third-order valence-electron chi connectivity index (χ3n) is 4.36. The number of pyridine rings is 1. The van der Waals surface area contributed by atoms with E-state index >= 15 is 0 Å². The van der Waals surface area contributed by atoms with Gasteiger partial charge in [0.15, 0.2) is 0 Å². The molecule has 27 heavy (non-hydrogen) atoms. The average Bonchev–Trinajstić information content (AvgIpc) is 3.08. The van der Waals surface area contributed by atoms with Gasteiger partial charge in [0.05, 0.1) is 30.5 Å². The smallest absolute Gasteiger partial charge is 0.314 e. The molecule has 2 aromatic heterocycles. The minimum Gasteiger partial charge on any atom is -0.481 e. The Morgan fingerprint density at radius 1 is 1.48 bits per heavy atom. The van der Waals surface area contributed by atoms with Gasteiger partial charge in [-0.15, -0.1) is 0 Å². The Balaban J connectivity index is 1.93. The molecule has 3 heterocycles. The van der Waals surface area contributed by atoms with Crippen molar-refractivity contribution in [2.75, 3.05) is 13.7 Å². The lowest BCUT2D eigenvalue weighted by atomic mass is 9.97. The number of methoxy groups -OCH3 is 1. The van der Waals surface area contributed by atoms with Gasteiger partial charge in [0.25, 0.3) is 0 Å². The Bertz CT molecular complexity index is 904. The molecule has 1 unspecified atom stereocenters. The number of carboxylic acids is 1. The van der Waals surface area contributed by atoms with Gasteiger partial charge >= 0.3 is 5.97 Å². The summed E-state index contributed by atoms with van der Waals surface area (Å²) in [5.74, 6) is 4.90. The van der Waals surface area contributed by atoms with Crippen LogP contribution in [0.5, 0.6) is 5.88 Å². The minimum absolute atomic E-state index is 0.286. The van der Waals surface area contributed by atoms with E-state index in [1.54, 1.807) is 12.4 Å². The van der Waals surface area contributed by atoms with Gasteiger partial charge in [-0.1, -0.05) is 6.58 Å². The molecule has 1 atom stereocenters. The molecule has 3 rings (SSSR count). The molecule has 0 spiro atoms. The number of carboxylic acid groups (broad SMARTS) is 1. The first kappa shape index (κ1) is 18.6. The molecule has 0 aliphatic carbocycles. The van der Waals surface area contributed by atoms with Crippen molar-refractivity contribution in [1.29, 1.82) is 0 Å². The van der Waals surface area contributed by atoms with E-state index in [1.807, 2.05) is 23.8 Å². The molecule has 0 aromatic carbocycles. The van der Waals surface area contributed by atoms with Crippen LogP contribution in [0.25, 0.3) is 11.4 Å². The Morgan fingerprint density at radius 3 is 2.89 bits per heavy atom. The Morgan fingerprint density at radius 2 is 2.26 bits per heavy atom. The van der Waals surface area contributed by atoms with Crippen LogP contribution in [0.15, 0.2) is 36.2 Å². The number of aromatic nitrogens is 3. The van der Waals surface area contributed by atoms with Gasteiger partial charge in [-0.05, 0) is 31.9 Å². The monoisotopic (exact) mass is 370 g/mol. The molecule has 1 saturated heterocycles. The third-order valence-corrected chi connectivity index (χ3v) is 4.36. The van der Waals surface area contributed by atoms with Crippen molar-refractivity contribution in [3.8, 4) is 11.6 Å². The molecule has 0 radical (unpaired) electrons. The van der Waals surface area contributed by atoms with Crippen LogP contribution in [0.3, 0.4) is 0 Å². The fraction of sp³-hybridized carbons (Fsp3) is 0.333. The first-order chi connectivity index (χ1) is 12.9. The van der Waals surface area contributed by atoms with Gasteiger partial charge in [-0.3, -0.25) is 9.80 Å². The number of nitrogens with two attached hydrogens (primary N) is 1. The van der Waals surface area contributed by atoms with E-state index < -0.39 is 11.9 Å². The van der Waals surface area contributed by atoms with E-state index in [9.17, 15) is 9.90 Å². The molecule has 3 N–H and O–H groups in total. The minimum atomic E-state index is -0.951. The predicted octanol–water partition coefficient (Wildman–Crippen LogP) is 1.62. The van der Waals surface area contributed by atoms with Crippen molar-refractivity contribution < 1.29 is 14.6 Å². The summed E-state index contributed by atoms with van der Waals surface area (Å²) in [5.41, 5.74) is 2.39. The third kappa shape index (κ3) is 3.82. The van der Waals surface area contributed by atoms with Crippen LogP contribution < -0.4 is 10.6 Å². The van der Waals surface area contributed by atoms with Crippen LogP contribution in [0.1, 0.15) is 24.2 Å². The predicted molar refractivity (Wildman–Crippen MR) is 100 cm³/mol. The normalized spacial score (nSPS) is 18.6. The maximum Gasteiger partial charge on any atom is 0.314 e. The second-order valence-electron chi connectivity index (χ2n) is 6.29. The Kier molecular flexibility index (Phi) is 5.22. The zero-order valence-corrected chi connectivity index (χ0v) is 15.3. The van der Waals surface area contributed by atoms with Crippen LogP contribution in [-0.4, -0.2) is 50.1 Å². The van der Waals surface area contributed by atoms with Crippen molar-refractivity contribution >= 4 is 17.5 Å². The highest BCUT2D eigenvalue weighted by Gasteiger charge is 2.31. The van der Waals surface area contributed by atoms with Crippen LogP contribution >= 0.6 is 0 Å². The second kappa shape index (κ2) is 7.58. The lowest BCUT2D eigenvalue weighted by Crippen LogP contribution is -2.48. The molecule has 142 valence electrons. The van der Waals surface area contributed by atoms with E-state index in [0.29, 0.717) is 36.7 Å². The maximum absolute atomic E-state index is 11.5. The summed E-state index contributed by atoms with van der Waals surface area (Å²) >= 11 is 0. The first-order valence-electron chi connectivity index (χ1n) is 8.49. The number of hydrogen-bond acceptors (Lipinski definition) is 6. The Labute approximate surface area is 156 Å². The summed E-state index contributed by atoms with van der Waals surface area (Å²) in [6.45, 7) is 6.37. The SMILES string of the molecule is C=C(/N=C1/C(C(=O)O)CCCN1N)c1ccc(-n2cnc(C)c2)c(OC)n1. The number of aliphatic imine (C=N–C) groups is 1. The molecule has 0 saturated carbocycles. The molecular formula is C18H22N6O3. The summed E-state index contributed by atoms with van der Waals surface area (Å²) in [7, 11) is 1.53. The molecule has 1 aliphatic rings. The fourth-order valence-electron chi connectivity index (χ4n) is 2.97. The second-order valence-corrected chi connectivity index (χ2v) is 6.29. The molecule has 0 bridgehead atoms. The number of ether oxygens (including phenoxy) is 1. The topological polar surface area (TPSA) is 119 Å². The molecule has 9 nitrogen and oxygen atoms in total. The van der Waals surface area contributed by atoms with Crippen LogP contribution in [0.2, 0.25) is 0 Å². The summed E-state index contributed by atoms with van der Waals surface area (Å²) < 4.78 is 7.20. The fourth-order valence-corrected chi connectivity index (χ4v) is 2.97. The highest BCUT2D eigenvalue weighted by atomic mass is 16.5. The molecule has 2 aromatic rings. The maximum atomic E-state index is 11.5. The number of amidine groups is 1. The first-order valence-corrected chi connectivity index (χ1v) is 8.49. The number of aliphatic carboxylic acids is 1. The number of imidazole rings is 1. The van der Waals surface area contributed by atoms with Gasteiger partial charge < -0.3 is 14.4 Å². The van der Waals surface area contributed by atoms with Gasteiger partial charge in [0.2, 0.25) is 5.88 Å². The lowest BCUT2D eigenvalue weighted by Gasteiger charge is -2.30. The van der Waals surface area contributed by atoms with Crippen molar-refractivity contribution in [3.63, 3.8) is 0 Å². The van der Waals surface area contributed by atoms with Gasteiger partial charge in [0.1, 0.15) is 17.4 Å². The highest BCUT2D eigenvalue weighted by Crippen LogP contribution is 2.25. The van der Waals surface area contributed by atoms with Crippen LogP contribution in [0, 0.1) is 12.8 Å². The zero-order valence-electron chi connectivity index (χ0n) is 15.3. The standard InChI is InChI=1S/C18H22N6O3/c1-11-9-23(10-20-11)15-7-6-14(22-17(15)27-3)12(2)21-16-13(18(25)26)5-4-8-24(16)19/h6-7,9-10,13H,2,4-5,8,19H2,1,3H3,(H,25,26)/b21-16-. The van der Waals surface area contributed by atoms with Crippen molar-refractivity contribution in [1.82, 2.24) is 19.5 Å². The van der Waals surface area contributed by atoms with Crippen LogP contribution in [-0.2, 0) is 4.79 Å². The Hall–Kier alpha value is -3.20. The van der Waals surface area contributed by atoms with E-state index in [4.69, 9.17) is 10.6 Å². The molecule has 0 amide bonds. The summed E-state index contributed by atoms with van der Waals surface area (Å²) in [5, 5.41) is 10.8. The number of carbonyl (C=O) groups is 1. The van der Waals surface area contributed by atoms with Gasteiger partial charge in [0, 0.05) is 12.7 Å². The molecule has 9 heteroatoms. The summed E-state index contributed by atoms with van der Waals surface area (Å²) in [4.78, 5) is 24.5. The highest BCUT2D eigenvalue weighted by molar-refractivity contribution is 6.02. The molecule has 1 fully saturated rings. The number of piperidine rings is 1. The number of rotatable bonds is 5. The molecular weight excluding hydrogens is 348 g/mol. The van der Waals surface area contributed by atoms with E-state index in [1.165, 1.54) is 12.1 Å². The molecule has 1 aliphatic heterocycles. The van der Waals surface area contributed by atoms with Crippen molar-refractivity contribution in [2.24, 2.45) is 16.8 Å². The lowest BCUT2D eigenvalue weighted by molar-refractivity contribution is -0.140. The number of aryl methyl sites for hydroxylation is 1. The van der Waals surface area contributed by atoms with E-state index in [-0.39, 0.29) is 5.84 Å². The number of hydrazine groups is 1. The van der Waals surface area contributed by atoms with E-state index in [2.05, 4.69) is 21.5 Å². The summed E-state index contributed by atoms with van der Waals surface area (Å²) in [6.07, 6.45) is 4.73. The average molecular weight is 370 g/mol.